The van der Waals surface area contributed by atoms with Crippen LogP contribution in [0.5, 0.6) is 0 Å². The minimum absolute atomic E-state index is 0.671. The van der Waals surface area contributed by atoms with Crippen molar-refractivity contribution in [1.82, 2.24) is 19.9 Å². The first-order valence-electron chi connectivity index (χ1n) is 8.63. The summed E-state index contributed by atoms with van der Waals surface area (Å²) in [5.41, 5.74) is 2.18. The highest BCUT2D eigenvalue weighted by molar-refractivity contribution is 5.58. The van der Waals surface area contributed by atoms with E-state index >= 15 is 0 Å². The average molecular weight is 338 g/mol. The third-order valence-corrected chi connectivity index (χ3v) is 4.64. The Morgan fingerprint density at radius 3 is 2.44 bits per heavy atom. The van der Waals surface area contributed by atoms with Crippen molar-refractivity contribution < 1.29 is 8.94 Å². The quantitative estimate of drug-likeness (QED) is 0.713. The number of nitrogens with zero attached hydrogens (tertiary/aromatic N) is 4. The summed E-state index contributed by atoms with van der Waals surface area (Å²) in [4.78, 5) is 9.33. The third kappa shape index (κ3) is 3.81. The Labute approximate surface area is 147 Å². The molecule has 0 aliphatic carbocycles. The summed E-state index contributed by atoms with van der Waals surface area (Å²) in [7, 11) is 0. The van der Waals surface area contributed by atoms with Crippen LogP contribution in [0.4, 0.5) is 0 Å². The Bertz CT molecular complexity index is 804. The van der Waals surface area contributed by atoms with E-state index in [0.29, 0.717) is 18.3 Å². The number of aryl methyl sites for hydroxylation is 1. The van der Waals surface area contributed by atoms with Crippen LogP contribution in [0.2, 0.25) is 0 Å². The molecule has 0 atom stereocenters. The second kappa shape index (κ2) is 7.21. The predicted molar refractivity (Wildman–Crippen MR) is 93.7 cm³/mol. The molecule has 1 aromatic carbocycles. The summed E-state index contributed by atoms with van der Waals surface area (Å²) in [6.07, 6.45) is 1.73. The maximum Gasteiger partial charge on any atom is 0.241 e. The molecule has 0 N–H and O–H groups in total. The number of hydrogen-bond donors (Lipinski definition) is 0. The average Bonchev–Trinajstić information content (AvgIpc) is 3.29. The van der Waals surface area contributed by atoms with E-state index in [1.807, 2.05) is 30.3 Å². The van der Waals surface area contributed by atoms with Gasteiger partial charge in [-0.15, -0.1) is 0 Å². The van der Waals surface area contributed by atoms with Gasteiger partial charge in [0.25, 0.3) is 0 Å². The van der Waals surface area contributed by atoms with Crippen LogP contribution in [0.1, 0.15) is 17.2 Å². The minimum Gasteiger partial charge on any atom is -0.468 e. The van der Waals surface area contributed by atoms with Crippen LogP contribution in [0.3, 0.4) is 0 Å². The van der Waals surface area contributed by atoms with Gasteiger partial charge in [-0.05, 0) is 24.6 Å². The van der Waals surface area contributed by atoms with Crippen molar-refractivity contribution in [3.05, 3.63) is 59.9 Å². The van der Waals surface area contributed by atoms with Crippen LogP contribution in [-0.4, -0.2) is 46.1 Å². The zero-order valence-corrected chi connectivity index (χ0v) is 14.4. The molecular weight excluding hydrogens is 316 g/mol. The Hall–Kier alpha value is -2.44. The maximum atomic E-state index is 5.46. The third-order valence-electron chi connectivity index (χ3n) is 4.64. The van der Waals surface area contributed by atoms with Crippen molar-refractivity contribution in [2.45, 2.75) is 20.0 Å². The van der Waals surface area contributed by atoms with Crippen molar-refractivity contribution >= 4 is 0 Å². The number of piperazine rings is 1. The second-order valence-electron chi connectivity index (χ2n) is 6.46. The minimum atomic E-state index is 0.671. The first kappa shape index (κ1) is 16.1. The lowest BCUT2D eigenvalue weighted by Gasteiger charge is -2.33. The van der Waals surface area contributed by atoms with Gasteiger partial charge in [-0.25, -0.2) is 0 Å². The molecule has 6 nitrogen and oxygen atoms in total. The highest BCUT2D eigenvalue weighted by Crippen LogP contribution is 2.20. The fourth-order valence-corrected chi connectivity index (χ4v) is 3.17. The summed E-state index contributed by atoms with van der Waals surface area (Å²) in [5.74, 6) is 2.37. The molecule has 2 aromatic heterocycles. The van der Waals surface area contributed by atoms with E-state index in [1.54, 1.807) is 6.26 Å². The molecule has 6 heteroatoms. The van der Waals surface area contributed by atoms with Crippen LogP contribution in [0, 0.1) is 6.92 Å². The largest absolute Gasteiger partial charge is 0.468 e. The molecule has 0 amide bonds. The lowest BCUT2D eigenvalue weighted by atomic mass is 10.1. The Balaban J connectivity index is 1.32. The van der Waals surface area contributed by atoms with Crippen LogP contribution in [0.15, 0.2) is 51.6 Å². The van der Waals surface area contributed by atoms with Gasteiger partial charge in [-0.3, -0.25) is 9.80 Å². The van der Waals surface area contributed by atoms with Gasteiger partial charge in [0.1, 0.15) is 5.76 Å². The van der Waals surface area contributed by atoms with E-state index < -0.39 is 0 Å². The molecule has 0 radical (unpaired) electrons. The zero-order valence-electron chi connectivity index (χ0n) is 14.4. The molecule has 1 aliphatic rings. The van der Waals surface area contributed by atoms with Gasteiger partial charge in [0.15, 0.2) is 0 Å². The Kier molecular flexibility index (Phi) is 4.63. The molecule has 4 rings (SSSR count). The first-order chi connectivity index (χ1) is 12.3. The van der Waals surface area contributed by atoms with Crippen molar-refractivity contribution in [2.75, 3.05) is 26.2 Å². The molecular formula is C19H22N4O2. The number of rotatable bonds is 5. The number of benzene rings is 1. The number of hydrogen-bond acceptors (Lipinski definition) is 6. The SMILES string of the molecule is Cc1ccccc1-c1noc(CN2CCN(Cc3ccco3)CC2)n1. The molecule has 0 unspecified atom stereocenters. The molecule has 0 bridgehead atoms. The first-order valence-corrected chi connectivity index (χ1v) is 8.63. The van der Waals surface area contributed by atoms with Crippen molar-refractivity contribution in [2.24, 2.45) is 0 Å². The molecule has 1 aliphatic heterocycles. The van der Waals surface area contributed by atoms with E-state index in [1.165, 1.54) is 0 Å². The summed E-state index contributed by atoms with van der Waals surface area (Å²) in [5, 5.41) is 4.14. The Morgan fingerprint density at radius 1 is 0.960 bits per heavy atom. The van der Waals surface area contributed by atoms with Gasteiger partial charge in [0, 0.05) is 31.7 Å². The van der Waals surface area contributed by atoms with Gasteiger partial charge >= 0.3 is 0 Å². The molecule has 130 valence electrons. The Morgan fingerprint density at radius 2 is 1.72 bits per heavy atom. The summed E-state index contributed by atoms with van der Waals surface area (Å²) >= 11 is 0. The molecule has 0 spiro atoms. The molecule has 0 saturated carbocycles. The monoisotopic (exact) mass is 338 g/mol. The fourth-order valence-electron chi connectivity index (χ4n) is 3.17. The standard InChI is InChI=1S/C19H22N4O2/c1-15-5-2-3-7-17(15)19-20-18(25-21-19)14-23-10-8-22(9-11-23)13-16-6-4-12-24-16/h2-7,12H,8-11,13-14H2,1H3. The molecule has 25 heavy (non-hydrogen) atoms. The van der Waals surface area contributed by atoms with Gasteiger partial charge in [0.2, 0.25) is 11.7 Å². The number of aromatic nitrogens is 2. The van der Waals surface area contributed by atoms with Gasteiger partial charge in [0.05, 0.1) is 19.4 Å². The van der Waals surface area contributed by atoms with Crippen LogP contribution in [-0.2, 0) is 13.1 Å². The van der Waals surface area contributed by atoms with E-state index in [2.05, 4.69) is 32.9 Å². The molecule has 3 heterocycles. The maximum absolute atomic E-state index is 5.46. The summed E-state index contributed by atoms with van der Waals surface area (Å²) in [6.45, 7) is 7.64. The van der Waals surface area contributed by atoms with E-state index in [4.69, 9.17) is 8.94 Å². The molecule has 1 fully saturated rings. The van der Waals surface area contributed by atoms with Crippen molar-refractivity contribution in [1.29, 1.82) is 0 Å². The van der Waals surface area contributed by atoms with Gasteiger partial charge in [-0.2, -0.15) is 4.98 Å². The lowest BCUT2D eigenvalue weighted by molar-refractivity contribution is 0.107. The summed E-state index contributed by atoms with van der Waals surface area (Å²) in [6, 6.07) is 12.1. The smallest absolute Gasteiger partial charge is 0.241 e. The predicted octanol–water partition coefficient (Wildman–Crippen LogP) is 2.96. The highest BCUT2D eigenvalue weighted by Gasteiger charge is 2.20. The number of furan rings is 1. The second-order valence-corrected chi connectivity index (χ2v) is 6.46. The van der Waals surface area contributed by atoms with Crippen molar-refractivity contribution in [3.63, 3.8) is 0 Å². The fraction of sp³-hybridized carbons (Fsp3) is 0.368. The summed E-state index contributed by atoms with van der Waals surface area (Å²) < 4.78 is 10.9. The molecule has 1 saturated heterocycles. The highest BCUT2D eigenvalue weighted by atomic mass is 16.5. The van der Waals surface area contributed by atoms with E-state index in [0.717, 1.165) is 49.6 Å². The zero-order chi connectivity index (χ0) is 17.1. The van der Waals surface area contributed by atoms with E-state index in [9.17, 15) is 0 Å². The van der Waals surface area contributed by atoms with Crippen LogP contribution < -0.4 is 0 Å². The van der Waals surface area contributed by atoms with Crippen molar-refractivity contribution in [3.8, 4) is 11.4 Å². The topological polar surface area (TPSA) is 58.5 Å². The van der Waals surface area contributed by atoms with E-state index in [-0.39, 0.29) is 0 Å². The van der Waals surface area contributed by atoms with Gasteiger partial charge in [-0.1, -0.05) is 29.4 Å². The van der Waals surface area contributed by atoms with Crippen LogP contribution in [0.25, 0.3) is 11.4 Å². The van der Waals surface area contributed by atoms with Gasteiger partial charge < -0.3 is 8.94 Å². The normalized spacial score (nSPS) is 16.4. The lowest BCUT2D eigenvalue weighted by Crippen LogP contribution is -2.45. The molecule has 3 aromatic rings. The van der Waals surface area contributed by atoms with Crippen LogP contribution >= 0.6 is 0 Å².